The second-order valence-electron chi connectivity index (χ2n) is 6.03. The van der Waals surface area contributed by atoms with Crippen LogP contribution in [0.5, 0.6) is 0 Å². The molecule has 0 fully saturated rings. The van der Waals surface area contributed by atoms with Crippen molar-refractivity contribution in [2.75, 3.05) is 19.0 Å². The van der Waals surface area contributed by atoms with Gasteiger partial charge in [-0.1, -0.05) is 12.1 Å². The van der Waals surface area contributed by atoms with Crippen molar-refractivity contribution in [1.29, 1.82) is 0 Å². The molecule has 0 aliphatic heterocycles. The van der Waals surface area contributed by atoms with E-state index in [2.05, 4.69) is 10.3 Å². The molecule has 4 nitrogen and oxygen atoms in total. The number of hydrogen-bond acceptors (Lipinski definition) is 4. The lowest BCUT2D eigenvalue weighted by molar-refractivity contribution is 0.0601. The number of esters is 1. The number of ether oxygens (including phenoxy) is 1. The van der Waals surface area contributed by atoms with Crippen LogP contribution in [0.25, 0.3) is 0 Å². The SMILES string of the molecule is COC(=O)c1ccncc1NCCC1CCCc2c(F)cccc21. The summed E-state index contributed by atoms with van der Waals surface area (Å²) in [5, 5.41) is 3.26. The number of hydrogen-bond donors (Lipinski definition) is 1. The monoisotopic (exact) mass is 328 g/mol. The minimum atomic E-state index is -0.384. The molecule has 0 bridgehead atoms. The molecule has 0 radical (unpaired) electrons. The van der Waals surface area contributed by atoms with Gasteiger partial charge < -0.3 is 10.1 Å². The molecular formula is C19H21FN2O2. The van der Waals surface area contributed by atoms with Gasteiger partial charge in [0.05, 0.1) is 24.6 Å². The van der Waals surface area contributed by atoms with Gasteiger partial charge in [-0.25, -0.2) is 9.18 Å². The molecule has 2 aromatic rings. The standard InChI is InChI=1S/C19H21FN2O2/c1-24-19(23)16-9-10-21-12-18(16)22-11-8-13-4-2-6-15-14(13)5-3-7-17(15)20/h3,5,7,9-10,12-13,22H,2,4,6,8,11H2,1H3. The zero-order chi connectivity index (χ0) is 16.9. The summed E-state index contributed by atoms with van der Waals surface area (Å²) in [7, 11) is 1.36. The first-order chi connectivity index (χ1) is 11.7. The van der Waals surface area contributed by atoms with Crippen molar-refractivity contribution in [1.82, 2.24) is 4.98 Å². The number of anilines is 1. The lowest BCUT2D eigenvalue weighted by Crippen LogP contribution is -2.16. The Balaban J connectivity index is 1.67. The highest BCUT2D eigenvalue weighted by atomic mass is 19.1. The highest BCUT2D eigenvalue weighted by Crippen LogP contribution is 2.35. The molecule has 1 unspecified atom stereocenters. The Morgan fingerprint density at radius 1 is 1.42 bits per heavy atom. The Hall–Kier alpha value is -2.43. The molecule has 126 valence electrons. The highest BCUT2D eigenvalue weighted by molar-refractivity contribution is 5.95. The predicted octanol–water partition coefficient (Wildman–Crippen LogP) is 3.93. The van der Waals surface area contributed by atoms with E-state index in [0.717, 1.165) is 36.8 Å². The van der Waals surface area contributed by atoms with Crippen LogP contribution in [0.3, 0.4) is 0 Å². The van der Waals surface area contributed by atoms with Crippen LogP contribution < -0.4 is 5.32 Å². The van der Waals surface area contributed by atoms with Crippen LogP contribution in [0.2, 0.25) is 0 Å². The van der Waals surface area contributed by atoms with E-state index in [4.69, 9.17) is 4.74 Å². The normalized spacial score (nSPS) is 16.3. The Bertz CT molecular complexity index is 733. The summed E-state index contributed by atoms with van der Waals surface area (Å²) in [6.45, 7) is 0.691. The predicted molar refractivity (Wildman–Crippen MR) is 90.8 cm³/mol. The van der Waals surface area contributed by atoms with Gasteiger partial charge in [0.2, 0.25) is 0 Å². The molecule has 1 aliphatic carbocycles. The second kappa shape index (κ2) is 7.43. The third kappa shape index (κ3) is 3.40. The second-order valence-corrected chi connectivity index (χ2v) is 6.03. The number of pyridine rings is 1. The van der Waals surface area contributed by atoms with Crippen molar-refractivity contribution >= 4 is 11.7 Å². The Morgan fingerprint density at radius 3 is 3.12 bits per heavy atom. The largest absolute Gasteiger partial charge is 0.465 e. The van der Waals surface area contributed by atoms with Crippen LogP contribution in [0, 0.1) is 5.82 Å². The van der Waals surface area contributed by atoms with Crippen molar-refractivity contribution in [3.63, 3.8) is 0 Å². The summed E-state index contributed by atoms with van der Waals surface area (Å²) in [5.74, 6) is -0.134. The zero-order valence-corrected chi connectivity index (χ0v) is 13.7. The molecule has 1 heterocycles. The fourth-order valence-electron chi connectivity index (χ4n) is 3.41. The third-order valence-corrected chi connectivity index (χ3v) is 4.61. The van der Waals surface area contributed by atoms with Crippen LogP contribution in [0.15, 0.2) is 36.7 Å². The van der Waals surface area contributed by atoms with E-state index in [1.165, 1.54) is 13.2 Å². The molecule has 0 saturated carbocycles. The van der Waals surface area contributed by atoms with E-state index in [-0.39, 0.29) is 11.8 Å². The van der Waals surface area contributed by atoms with Gasteiger partial charge in [0.15, 0.2) is 0 Å². The van der Waals surface area contributed by atoms with Gasteiger partial charge in [-0.3, -0.25) is 4.98 Å². The molecule has 24 heavy (non-hydrogen) atoms. The van der Waals surface area contributed by atoms with Crippen LogP contribution in [-0.2, 0) is 11.2 Å². The number of carbonyl (C=O) groups is 1. The molecule has 1 aliphatic rings. The number of carbonyl (C=O) groups excluding carboxylic acids is 1. The van der Waals surface area contributed by atoms with E-state index in [9.17, 15) is 9.18 Å². The molecular weight excluding hydrogens is 307 g/mol. The van der Waals surface area contributed by atoms with Crippen molar-refractivity contribution in [2.45, 2.75) is 31.6 Å². The summed E-state index contributed by atoms with van der Waals surface area (Å²) in [4.78, 5) is 15.8. The van der Waals surface area contributed by atoms with Crippen LogP contribution in [0.4, 0.5) is 10.1 Å². The van der Waals surface area contributed by atoms with E-state index < -0.39 is 0 Å². The molecule has 1 aromatic heterocycles. The lowest BCUT2D eigenvalue weighted by Gasteiger charge is -2.26. The van der Waals surface area contributed by atoms with Crippen LogP contribution >= 0.6 is 0 Å². The highest BCUT2D eigenvalue weighted by Gasteiger charge is 2.22. The van der Waals surface area contributed by atoms with E-state index in [1.807, 2.05) is 6.07 Å². The number of methoxy groups -OCH3 is 1. The number of halogens is 1. The maximum atomic E-state index is 13.9. The van der Waals surface area contributed by atoms with Crippen molar-refractivity contribution in [3.8, 4) is 0 Å². The summed E-state index contributed by atoms with van der Waals surface area (Å²) in [6.07, 6.45) is 6.97. The lowest BCUT2D eigenvalue weighted by atomic mass is 9.81. The maximum absolute atomic E-state index is 13.9. The fourth-order valence-corrected chi connectivity index (χ4v) is 3.41. The van der Waals surface area contributed by atoms with Gasteiger partial charge in [0, 0.05) is 12.7 Å². The molecule has 3 rings (SSSR count). The molecule has 0 spiro atoms. The maximum Gasteiger partial charge on any atom is 0.340 e. The summed E-state index contributed by atoms with van der Waals surface area (Å²) in [5.41, 5.74) is 3.13. The van der Waals surface area contributed by atoms with Gasteiger partial charge in [-0.2, -0.15) is 0 Å². The zero-order valence-electron chi connectivity index (χ0n) is 13.7. The molecule has 1 atom stereocenters. The number of nitrogens with one attached hydrogen (secondary N) is 1. The number of fused-ring (bicyclic) bond motifs is 1. The topological polar surface area (TPSA) is 51.2 Å². The first kappa shape index (κ1) is 16.4. The minimum absolute atomic E-state index is 0.0922. The van der Waals surface area contributed by atoms with Crippen molar-refractivity contribution in [2.24, 2.45) is 0 Å². The minimum Gasteiger partial charge on any atom is -0.465 e. The summed E-state index contributed by atoms with van der Waals surface area (Å²) >= 11 is 0. The quantitative estimate of drug-likeness (QED) is 0.845. The number of nitrogens with zero attached hydrogens (tertiary/aromatic N) is 1. The molecule has 0 saturated heterocycles. The Kier molecular flexibility index (Phi) is 5.08. The molecule has 1 N–H and O–H groups in total. The average molecular weight is 328 g/mol. The fraction of sp³-hybridized carbons (Fsp3) is 0.368. The van der Waals surface area contributed by atoms with E-state index in [0.29, 0.717) is 23.7 Å². The Labute approximate surface area is 141 Å². The van der Waals surface area contributed by atoms with Crippen LogP contribution in [0.1, 0.15) is 46.7 Å². The Morgan fingerprint density at radius 2 is 2.29 bits per heavy atom. The summed E-state index contributed by atoms with van der Waals surface area (Å²) in [6, 6.07) is 7.00. The molecule has 5 heteroatoms. The molecule has 1 aromatic carbocycles. The number of benzene rings is 1. The van der Waals surface area contributed by atoms with Gasteiger partial charge in [0.1, 0.15) is 5.82 Å². The third-order valence-electron chi connectivity index (χ3n) is 4.61. The van der Waals surface area contributed by atoms with Gasteiger partial charge in [0.25, 0.3) is 0 Å². The van der Waals surface area contributed by atoms with E-state index >= 15 is 0 Å². The van der Waals surface area contributed by atoms with Crippen molar-refractivity contribution in [3.05, 3.63) is 59.2 Å². The van der Waals surface area contributed by atoms with Gasteiger partial charge in [-0.05, 0) is 54.9 Å². The summed E-state index contributed by atoms with van der Waals surface area (Å²) < 4.78 is 18.7. The van der Waals surface area contributed by atoms with Gasteiger partial charge in [-0.15, -0.1) is 0 Å². The van der Waals surface area contributed by atoms with Crippen molar-refractivity contribution < 1.29 is 13.9 Å². The van der Waals surface area contributed by atoms with Gasteiger partial charge >= 0.3 is 5.97 Å². The average Bonchev–Trinajstić information content (AvgIpc) is 2.62. The van der Waals surface area contributed by atoms with Crippen LogP contribution in [-0.4, -0.2) is 24.6 Å². The first-order valence-electron chi connectivity index (χ1n) is 8.24. The number of rotatable bonds is 5. The number of aromatic nitrogens is 1. The van der Waals surface area contributed by atoms with E-state index in [1.54, 1.807) is 24.5 Å². The molecule has 0 amide bonds. The smallest absolute Gasteiger partial charge is 0.340 e. The first-order valence-corrected chi connectivity index (χ1v) is 8.24.